The van der Waals surface area contributed by atoms with Gasteiger partial charge in [0.25, 0.3) is 5.56 Å². The van der Waals surface area contributed by atoms with Crippen LogP contribution in [0, 0.1) is 4.77 Å². The molecule has 104 valence electrons. The monoisotopic (exact) mass is 306 g/mol. The molecule has 0 saturated carbocycles. The van der Waals surface area contributed by atoms with Crippen LogP contribution in [0.25, 0.3) is 5.69 Å². The molecule has 3 rings (SSSR count). The minimum Gasteiger partial charge on any atom is -0.497 e. The van der Waals surface area contributed by atoms with Crippen molar-refractivity contribution in [1.29, 1.82) is 0 Å². The number of H-pyrrole nitrogens is 1. The number of thioether (sulfide) groups is 1. The van der Waals surface area contributed by atoms with E-state index in [9.17, 15) is 4.79 Å². The van der Waals surface area contributed by atoms with Crippen LogP contribution in [0.15, 0.2) is 34.0 Å². The number of nitrogens with one attached hydrogen (secondary N) is 1. The number of fused-ring (bicyclic) bond motifs is 1. The maximum atomic E-state index is 12.6. The molecule has 0 amide bonds. The maximum Gasteiger partial charge on any atom is 0.272 e. The van der Waals surface area contributed by atoms with Crippen LogP contribution in [0.5, 0.6) is 5.75 Å². The fourth-order valence-corrected chi connectivity index (χ4v) is 3.76. The lowest BCUT2D eigenvalue weighted by molar-refractivity contribution is 0.414. The molecule has 0 saturated heterocycles. The van der Waals surface area contributed by atoms with E-state index in [-0.39, 0.29) is 5.56 Å². The lowest BCUT2D eigenvalue weighted by atomic mass is 10.2. The second-order valence-electron chi connectivity index (χ2n) is 4.71. The fraction of sp³-hybridized carbons (Fsp3) is 0.286. The van der Waals surface area contributed by atoms with Crippen molar-refractivity contribution in [3.8, 4) is 11.4 Å². The first-order valence-corrected chi connectivity index (χ1v) is 7.58. The number of methoxy groups -OCH3 is 1. The molecule has 1 aliphatic heterocycles. The third kappa shape index (κ3) is 2.19. The van der Waals surface area contributed by atoms with E-state index in [2.05, 4.69) is 11.9 Å². The molecule has 6 heteroatoms. The predicted molar refractivity (Wildman–Crippen MR) is 82.8 cm³/mol. The molecule has 0 fully saturated rings. The van der Waals surface area contributed by atoms with Crippen molar-refractivity contribution in [2.24, 2.45) is 0 Å². The third-order valence-corrected chi connectivity index (χ3v) is 4.78. The minimum atomic E-state index is -0.0386. The second kappa shape index (κ2) is 5.10. The minimum absolute atomic E-state index is 0.0386. The molecule has 0 radical (unpaired) electrons. The third-order valence-electron chi connectivity index (χ3n) is 3.27. The van der Waals surface area contributed by atoms with Gasteiger partial charge in [-0.15, -0.1) is 11.8 Å². The van der Waals surface area contributed by atoms with E-state index in [1.165, 1.54) is 0 Å². The standard InChI is InChI=1S/C14H14N2O2S2/c1-8-7-11-12(20-8)13(17)16(14(19)15-11)9-3-5-10(18-2)6-4-9/h3-6,8H,7H2,1-2H3,(H,15,19)/t8-/m0/s1. The Kier molecular flexibility index (Phi) is 3.43. The summed E-state index contributed by atoms with van der Waals surface area (Å²) in [6.07, 6.45) is 0.863. The number of nitrogens with zero attached hydrogens (tertiary/aromatic N) is 1. The lowest BCUT2D eigenvalue weighted by Gasteiger charge is -2.09. The van der Waals surface area contributed by atoms with Gasteiger partial charge in [0.15, 0.2) is 4.77 Å². The van der Waals surface area contributed by atoms with Crippen LogP contribution >= 0.6 is 24.0 Å². The van der Waals surface area contributed by atoms with Crippen LogP contribution < -0.4 is 10.3 Å². The second-order valence-corrected chi connectivity index (χ2v) is 6.54. The topological polar surface area (TPSA) is 47.0 Å². The van der Waals surface area contributed by atoms with Gasteiger partial charge in [-0.05, 0) is 36.5 Å². The Morgan fingerprint density at radius 3 is 2.75 bits per heavy atom. The van der Waals surface area contributed by atoms with E-state index in [1.54, 1.807) is 23.4 Å². The largest absolute Gasteiger partial charge is 0.497 e. The first kappa shape index (κ1) is 13.5. The molecule has 4 nitrogen and oxygen atoms in total. The Labute approximate surface area is 125 Å². The Morgan fingerprint density at radius 2 is 2.10 bits per heavy atom. The molecule has 2 aromatic rings. The van der Waals surface area contributed by atoms with Crippen LogP contribution in [0.4, 0.5) is 0 Å². The highest BCUT2D eigenvalue weighted by Gasteiger charge is 2.24. The van der Waals surface area contributed by atoms with E-state index >= 15 is 0 Å². The van der Waals surface area contributed by atoms with Crippen molar-refractivity contribution in [2.45, 2.75) is 23.5 Å². The summed E-state index contributed by atoms with van der Waals surface area (Å²) in [5, 5.41) is 0.412. The number of hydrogen-bond acceptors (Lipinski definition) is 4. The first-order chi connectivity index (χ1) is 9.60. The van der Waals surface area contributed by atoms with Gasteiger partial charge in [0, 0.05) is 17.4 Å². The van der Waals surface area contributed by atoms with Crippen molar-refractivity contribution in [3.05, 3.63) is 45.1 Å². The molecule has 20 heavy (non-hydrogen) atoms. The smallest absolute Gasteiger partial charge is 0.272 e. The van der Waals surface area contributed by atoms with Crippen LogP contribution in [0.2, 0.25) is 0 Å². The molecule has 1 aliphatic rings. The summed E-state index contributed by atoms with van der Waals surface area (Å²) < 4.78 is 7.11. The normalized spacial score (nSPS) is 17.0. The van der Waals surface area contributed by atoms with Gasteiger partial charge < -0.3 is 9.72 Å². The molecule has 2 heterocycles. The van der Waals surface area contributed by atoms with Gasteiger partial charge in [0.2, 0.25) is 0 Å². The van der Waals surface area contributed by atoms with E-state index in [4.69, 9.17) is 17.0 Å². The molecule has 0 unspecified atom stereocenters. The summed E-state index contributed by atoms with van der Waals surface area (Å²) in [5.74, 6) is 0.751. The zero-order valence-corrected chi connectivity index (χ0v) is 12.8. The van der Waals surface area contributed by atoms with Gasteiger partial charge in [-0.25, -0.2) is 0 Å². The number of aromatic nitrogens is 2. The number of aromatic amines is 1. The van der Waals surface area contributed by atoms with Crippen molar-refractivity contribution >= 4 is 24.0 Å². The van der Waals surface area contributed by atoms with Crippen LogP contribution in [0.3, 0.4) is 0 Å². The van der Waals surface area contributed by atoms with Gasteiger partial charge in [-0.3, -0.25) is 9.36 Å². The van der Waals surface area contributed by atoms with E-state index < -0.39 is 0 Å². The SMILES string of the molecule is COc1ccc(-n2c(=S)[nH]c3c(c2=O)S[C@@H](C)C3)cc1. The van der Waals surface area contributed by atoms with Gasteiger partial charge in [-0.2, -0.15) is 0 Å². The maximum absolute atomic E-state index is 12.6. The Bertz CT molecular complexity index is 762. The zero-order valence-electron chi connectivity index (χ0n) is 11.2. The molecule has 0 aliphatic carbocycles. The molecular weight excluding hydrogens is 292 g/mol. The number of hydrogen-bond donors (Lipinski definition) is 1. The quantitative estimate of drug-likeness (QED) is 0.867. The van der Waals surface area contributed by atoms with Crippen LogP contribution in [-0.4, -0.2) is 21.9 Å². The molecule has 1 aromatic heterocycles. The molecule has 0 spiro atoms. The molecule has 0 bridgehead atoms. The highest BCUT2D eigenvalue weighted by atomic mass is 32.2. The van der Waals surface area contributed by atoms with Crippen LogP contribution in [0.1, 0.15) is 12.6 Å². The number of ether oxygens (including phenoxy) is 1. The Hall–Kier alpha value is -1.53. The number of benzene rings is 1. The predicted octanol–water partition coefficient (Wildman–Crippen LogP) is 2.94. The Morgan fingerprint density at radius 1 is 1.40 bits per heavy atom. The van der Waals surface area contributed by atoms with Gasteiger partial charge >= 0.3 is 0 Å². The summed E-state index contributed by atoms with van der Waals surface area (Å²) in [7, 11) is 1.61. The van der Waals surface area contributed by atoms with E-state index in [1.807, 2.05) is 24.3 Å². The van der Waals surface area contributed by atoms with Crippen molar-refractivity contribution in [3.63, 3.8) is 0 Å². The van der Waals surface area contributed by atoms with Gasteiger partial charge in [0.1, 0.15) is 5.75 Å². The molecule has 1 aromatic carbocycles. The van der Waals surface area contributed by atoms with Crippen molar-refractivity contribution in [2.75, 3.05) is 7.11 Å². The average molecular weight is 306 g/mol. The fourth-order valence-electron chi connectivity index (χ4n) is 2.33. The highest BCUT2D eigenvalue weighted by molar-refractivity contribution is 8.00. The van der Waals surface area contributed by atoms with Crippen LogP contribution in [-0.2, 0) is 6.42 Å². The number of rotatable bonds is 2. The molecule has 1 N–H and O–H groups in total. The summed E-state index contributed by atoms with van der Waals surface area (Å²) in [6.45, 7) is 2.11. The summed E-state index contributed by atoms with van der Waals surface area (Å²) >= 11 is 6.94. The van der Waals surface area contributed by atoms with Gasteiger partial charge in [0.05, 0.1) is 17.7 Å². The summed E-state index contributed by atoms with van der Waals surface area (Å²) in [4.78, 5) is 16.6. The lowest BCUT2D eigenvalue weighted by Crippen LogP contribution is -2.22. The molecular formula is C14H14N2O2S2. The Balaban J connectivity index is 2.17. The summed E-state index contributed by atoms with van der Waals surface area (Å²) in [6, 6.07) is 7.30. The van der Waals surface area contributed by atoms with Crippen molar-refractivity contribution in [1.82, 2.24) is 9.55 Å². The van der Waals surface area contributed by atoms with Gasteiger partial charge in [-0.1, -0.05) is 6.92 Å². The molecule has 1 atom stereocenters. The van der Waals surface area contributed by atoms with E-state index in [0.29, 0.717) is 10.0 Å². The zero-order chi connectivity index (χ0) is 14.3. The highest BCUT2D eigenvalue weighted by Crippen LogP contribution is 2.33. The average Bonchev–Trinajstić information content (AvgIpc) is 2.80. The summed E-state index contributed by atoms with van der Waals surface area (Å²) in [5.41, 5.74) is 1.67. The van der Waals surface area contributed by atoms with Crippen molar-refractivity contribution < 1.29 is 4.74 Å². The van der Waals surface area contributed by atoms with E-state index in [0.717, 1.165) is 28.4 Å². The first-order valence-electron chi connectivity index (χ1n) is 6.29.